The van der Waals surface area contributed by atoms with E-state index in [0.717, 1.165) is 11.9 Å². The lowest BCUT2D eigenvalue weighted by molar-refractivity contribution is 0.414. The van der Waals surface area contributed by atoms with E-state index in [9.17, 15) is 8.42 Å². The van der Waals surface area contributed by atoms with E-state index in [1.165, 1.54) is 19.0 Å². The highest BCUT2D eigenvalue weighted by Gasteiger charge is 2.26. The van der Waals surface area contributed by atoms with Gasteiger partial charge in [-0.3, -0.25) is 0 Å². The normalized spacial score (nSPS) is 22.9. The molecule has 1 heterocycles. The summed E-state index contributed by atoms with van der Waals surface area (Å²) in [5.74, 6) is 1.03. The smallest absolute Gasteiger partial charge is 0.242 e. The van der Waals surface area contributed by atoms with Gasteiger partial charge in [-0.25, -0.2) is 13.1 Å². The first-order chi connectivity index (χ1) is 9.97. The largest absolute Gasteiger partial charge is 0.399 e. The molecule has 6 heteroatoms. The van der Waals surface area contributed by atoms with Crippen molar-refractivity contribution >= 4 is 26.6 Å². The number of aromatic amines is 1. The summed E-state index contributed by atoms with van der Waals surface area (Å²) in [5, 5.41) is 0.641. The Bertz CT molecular complexity index is 751. The zero-order valence-corrected chi connectivity index (χ0v) is 12.9. The summed E-state index contributed by atoms with van der Waals surface area (Å²) >= 11 is 0. The second kappa shape index (κ2) is 5.35. The number of nitrogens with two attached hydrogens (primary N) is 1. The number of hydrogen-bond donors (Lipinski definition) is 3. The molecule has 1 fully saturated rings. The number of nitrogens with one attached hydrogen (secondary N) is 2. The van der Waals surface area contributed by atoms with Gasteiger partial charge in [0.1, 0.15) is 4.90 Å². The molecule has 1 aromatic carbocycles. The maximum absolute atomic E-state index is 12.5. The second-order valence-corrected chi connectivity index (χ2v) is 7.71. The highest BCUT2D eigenvalue weighted by molar-refractivity contribution is 7.89. The van der Waals surface area contributed by atoms with Crippen LogP contribution in [0.25, 0.3) is 10.9 Å². The number of H-pyrrole nitrogens is 1. The van der Waals surface area contributed by atoms with Gasteiger partial charge in [-0.15, -0.1) is 0 Å². The standard InChI is InChI=1S/C15H21N3O2S/c1-10-3-2-4-11(10)8-18-21(19,20)15-9-17-14-6-5-12(16)7-13(14)15/h5-7,9-11,17-18H,2-4,8,16H2,1H3. The van der Waals surface area contributed by atoms with Crippen LogP contribution in [0.1, 0.15) is 26.2 Å². The van der Waals surface area contributed by atoms with Gasteiger partial charge in [-0.2, -0.15) is 0 Å². The van der Waals surface area contributed by atoms with Gasteiger partial charge in [0, 0.05) is 29.3 Å². The lowest BCUT2D eigenvalue weighted by Crippen LogP contribution is -2.30. The zero-order chi connectivity index (χ0) is 15.0. The molecule has 4 N–H and O–H groups in total. The second-order valence-electron chi connectivity index (χ2n) is 5.98. The van der Waals surface area contributed by atoms with Crippen LogP contribution in [0, 0.1) is 11.8 Å². The van der Waals surface area contributed by atoms with E-state index < -0.39 is 10.0 Å². The van der Waals surface area contributed by atoms with Crippen LogP contribution < -0.4 is 10.5 Å². The Balaban J connectivity index is 1.84. The van der Waals surface area contributed by atoms with Gasteiger partial charge in [-0.1, -0.05) is 19.8 Å². The summed E-state index contributed by atoms with van der Waals surface area (Å²) in [4.78, 5) is 3.26. The van der Waals surface area contributed by atoms with Crippen LogP contribution in [0.5, 0.6) is 0 Å². The summed E-state index contributed by atoms with van der Waals surface area (Å²) in [5.41, 5.74) is 7.09. The number of nitrogen functional groups attached to an aromatic ring is 1. The van der Waals surface area contributed by atoms with Crippen LogP contribution in [0.2, 0.25) is 0 Å². The molecule has 0 bridgehead atoms. The summed E-state index contributed by atoms with van der Waals surface area (Å²) < 4.78 is 27.8. The van der Waals surface area contributed by atoms with Crippen LogP contribution in [0.15, 0.2) is 29.3 Å². The van der Waals surface area contributed by atoms with Gasteiger partial charge >= 0.3 is 0 Å². The number of hydrogen-bond acceptors (Lipinski definition) is 3. The number of fused-ring (bicyclic) bond motifs is 1. The summed E-state index contributed by atoms with van der Waals surface area (Å²) in [6.45, 7) is 2.71. The Labute approximate surface area is 125 Å². The molecule has 2 unspecified atom stereocenters. The fourth-order valence-electron chi connectivity index (χ4n) is 3.15. The molecule has 0 amide bonds. The van der Waals surface area contributed by atoms with Crippen molar-refractivity contribution in [3.05, 3.63) is 24.4 Å². The predicted molar refractivity (Wildman–Crippen MR) is 84.4 cm³/mol. The fourth-order valence-corrected chi connectivity index (χ4v) is 4.42. The van der Waals surface area contributed by atoms with Gasteiger partial charge in [-0.05, 0) is 36.5 Å². The van der Waals surface area contributed by atoms with E-state index in [1.54, 1.807) is 18.2 Å². The van der Waals surface area contributed by atoms with Crippen molar-refractivity contribution < 1.29 is 8.42 Å². The molecule has 21 heavy (non-hydrogen) atoms. The number of rotatable bonds is 4. The van der Waals surface area contributed by atoms with Crippen LogP contribution in [0.4, 0.5) is 5.69 Å². The molecule has 2 aromatic rings. The minimum absolute atomic E-state index is 0.274. The minimum Gasteiger partial charge on any atom is -0.399 e. The molecule has 0 aliphatic heterocycles. The Morgan fingerprint density at radius 1 is 1.38 bits per heavy atom. The van der Waals surface area contributed by atoms with Crippen molar-refractivity contribution in [1.29, 1.82) is 0 Å². The zero-order valence-electron chi connectivity index (χ0n) is 12.1. The highest BCUT2D eigenvalue weighted by atomic mass is 32.2. The molecule has 1 aromatic heterocycles. The maximum Gasteiger partial charge on any atom is 0.242 e. The Morgan fingerprint density at radius 2 is 2.19 bits per heavy atom. The maximum atomic E-state index is 12.5. The average molecular weight is 307 g/mol. The van der Waals surface area contributed by atoms with Crippen molar-refractivity contribution in [2.45, 2.75) is 31.1 Å². The summed E-state index contributed by atoms with van der Waals surface area (Å²) in [7, 11) is -3.51. The van der Waals surface area contributed by atoms with Gasteiger partial charge in [0.25, 0.3) is 0 Å². The van der Waals surface area contributed by atoms with Crippen molar-refractivity contribution in [2.24, 2.45) is 11.8 Å². The molecule has 1 aliphatic rings. The van der Waals surface area contributed by atoms with E-state index in [4.69, 9.17) is 5.73 Å². The molecule has 1 saturated carbocycles. The molecular formula is C15H21N3O2S. The topological polar surface area (TPSA) is 88.0 Å². The lowest BCUT2D eigenvalue weighted by Gasteiger charge is -2.15. The molecular weight excluding hydrogens is 286 g/mol. The van der Waals surface area contributed by atoms with Gasteiger partial charge in [0.15, 0.2) is 0 Å². The number of aromatic nitrogens is 1. The van der Waals surface area contributed by atoms with E-state index in [1.807, 2.05) is 0 Å². The van der Waals surface area contributed by atoms with Gasteiger partial charge in [0.05, 0.1) is 0 Å². The van der Waals surface area contributed by atoms with Crippen LogP contribution >= 0.6 is 0 Å². The fraction of sp³-hybridized carbons (Fsp3) is 0.467. The van der Waals surface area contributed by atoms with Crippen LogP contribution in [-0.2, 0) is 10.0 Å². The quantitative estimate of drug-likeness (QED) is 0.758. The van der Waals surface area contributed by atoms with Gasteiger partial charge < -0.3 is 10.7 Å². The third kappa shape index (κ3) is 2.78. The van der Waals surface area contributed by atoms with E-state index in [0.29, 0.717) is 29.5 Å². The highest BCUT2D eigenvalue weighted by Crippen LogP contribution is 2.31. The Hall–Kier alpha value is -1.53. The summed E-state index contributed by atoms with van der Waals surface area (Å²) in [6.07, 6.45) is 5.02. The molecule has 1 aliphatic carbocycles. The van der Waals surface area contributed by atoms with Crippen molar-refractivity contribution in [2.75, 3.05) is 12.3 Å². The van der Waals surface area contributed by atoms with Crippen molar-refractivity contribution in [1.82, 2.24) is 9.71 Å². The first kappa shape index (κ1) is 14.4. The van der Waals surface area contributed by atoms with Crippen LogP contribution in [-0.4, -0.2) is 19.9 Å². The average Bonchev–Trinajstić information content (AvgIpc) is 3.02. The molecule has 5 nitrogen and oxygen atoms in total. The lowest BCUT2D eigenvalue weighted by atomic mass is 9.99. The van der Waals surface area contributed by atoms with Crippen molar-refractivity contribution in [3.63, 3.8) is 0 Å². The molecule has 2 atom stereocenters. The first-order valence-electron chi connectivity index (χ1n) is 7.33. The van der Waals surface area contributed by atoms with E-state index in [2.05, 4.69) is 16.6 Å². The third-order valence-corrected chi connectivity index (χ3v) is 6.00. The summed E-state index contributed by atoms with van der Waals surface area (Å²) in [6, 6.07) is 5.24. The molecule has 0 spiro atoms. The van der Waals surface area contributed by atoms with E-state index in [-0.39, 0.29) is 4.90 Å². The van der Waals surface area contributed by atoms with Gasteiger partial charge in [0.2, 0.25) is 10.0 Å². The monoisotopic (exact) mass is 307 g/mol. The first-order valence-corrected chi connectivity index (χ1v) is 8.82. The minimum atomic E-state index is -3.51. The molecule has 0 saturated heterocycles. The molecule has 114 valence electrons. The number of sulfonamides is 1. The Morgan fingerprint density at radius 3 is 2.90 bits per heavy atom. The SMILES string of the molecule is CC1CCCC1CNS(=O)(=O)c1c[nH]c2ccc(N)cc12. The van der Waals surface area contributed by atoms with E-state index >= 15 is 0 Å². The number of anilines is 1. The predicted octanol–water partition coefficient (Wildman–Crippen LogP) is 2.46. The third-order valence-electron chi connectivity index (χ3n) is 4.53. The van der Waals surface area contributed by atoms with Crippen molar-refractivity contribution in [3.8, 4) is 0 Å². The molecule has 0 radical (unpaired) electrons. The van der Waals surface area contributed by atoms with Crippen LogP contribution in [0.3, 0.4) is 0 Å². The Kier molecular flexibility index (Phi) is 3.67. The molecule has 3 rings (SSSR count). The number of benzene rings is 1.